The minimum atomic E-state index is -0.218. The van der Waals surface area contributed by atoms with Crippen molar-refractivity contribution in [2.75, 3.05) is 33.2 Å². The van der Waals surface area contributed by atoms with E-state index in [9.17, 15) is 4.79 Å². The molecule has 2 N–H and O–H groups in total. The van der Waals surface area contributed by atoms with Gasteiger partial charge in [0.05, 0.1) is 12.8 Å². The summed E-state index contributed by atoms with van der Waals surface area (Å²) in [6.07, 6.45) is 5.43. The molecule has 0 saturated heterocycles. The van der Waals surface area contributed by atoms with Crippen LogP contribution in [0, 0.1) is 0 Å². The Morgan fingerprint density at radius 2 is 2.32 bits per heavy atom. The van der Waals surface area contributed by atoms with E-state index in [4.69, 9.17) is 4.42 Å². The highest BCUT2D eigenvalue weighted by atomic mass is 16.3. The summed E-state index contributed by atoms with van der Waals surface area (Å²) in [5.41, 5.74) is 0. The molecule has 0 aliphatic carbocycles. The van der Waals surface area contributed by atoms with Crippen LogP contribution in [0.4, 0.5) is 0 Å². The molecule has 1 aromatic heterocycles. The van der Waals surface area contributed by atoms with Crippen LogP contribution in [0.5, 0.6) is 0 Å². The summed E-state index contributed by atoms with van der Waals surface area (Å²) in [5, 5.41) is 6.02. The van der Waals surface area contributed by atoms with Crippen LogP contribution in [0.2, 0.25) is 0 Å². The Bertz CT molecular complexity index is 469. The Balaban J connectivity index is 2.38. The van der Waals surface area contributed by atoms with Crippen molar-refractivity contribution in [1.82, 2.24) is 15.5 Å². The van der Waals surface area contributed by atoms with E-state index in [-0.39, 0.29) is 5.91 Å². The second-order valence-corrected chi connectivity index (χ2v) is 4.82. The smallest absolute Gasteiger partial charge is 0.287 e. The molecule has 0 bridgehead atoms. The molecule has 0 unspecified atom stereocenters. The Morgan fingerprint density at radius 3 is 2.95 bits per heavy atom. The van der Waals surface area contributed by atoms with Gasteiger partial charge in [-0.1, -0.05) is 6.08 Å². The molecular formula is C16H26N4O2. The topological polar surface area (TPSA) is 69.9 Å². The summed E-state index contributed by atoms with van der Waals surface area (Å²) in [6, 6.07) is 3.32. The Labute approximate surface area is 132 Å². The van der Waals surface area contributed by atoms with Crippen LogP contribution in [0.1, 0.15) is 30.3 Å². The van der Waals surface area contributed by atoms with Gasteiger partial charge in [-0.15, -0.1) is 6.58 Å². The lowest BCUT2D eigenvalue weighted by Crippen LogP contribution is -2.40. The van der Waals surface area contributed by atoms with Crippen LogP contribution in [0.25, 0.3) is 0 Å². The number of carbonyl (C=O) groups is 1. The molecule has 0 atom stereocenters. The predicted molar refractivity (Wildman–Crippen MR) is 89.1 cm³/mol. The van der Waals surface area contributed by atoms with Crippen LogP contribution in [-0.4, -0.2) is 50.0 Å². The average Bonchev–Trinajstić information content (AvgIpc) is 3.04. The number of rotatable bonds is 9. The van der Waals surface area contributed by atoms with Gasteiger partial charge in [0.2, 0.25) is 0 Å². The second kappa shape index (κ2) is 10.5. The maximum Gasteiger partial charge on any atom is 0.287 e. The summed E-state index contributed by atoms with van der Waals surface area (Å²) in [6.45, 7) is 8.46. The number of aliphatic imine (C=N–C) groups is 1. The highest BCUT2D eigenvalue weighted by Crippen LogP contribution is 1.98. The number of unbranched alkanes of at least 4 members (excludes halogenated alkanes) is 1. The van der Waals surface area contributed by atoms with Crippen molar-refractivity contribution in [2.45, 2.75) is 19.8 Å². The molecule has 0 aromatic carbocycles. The molecular weight excluding hydrogens is 280 g/mol. The molecule has 0 aliphatic heterocycles. The van der Waals surface area contributed by atoms with E-state index in [0.717, 1.165) is 31.9 Å². The minimum Gasteiger partial charge on any atom is -0.459 e. The van der Waals surface area contributed by atoms with Crippen molar-refractivity contribution < 1.29 is 9.21 Å². The van der Waals surface area contributed by atoms with E-state index >= 15 is 0 Å². The van der Waals surface area contributed by atoms with E-state index in [1.54, 1.807) is 12.1 Å². The van der Waals surface area contributed by atoms with Crippen molar-refractivity contribution in [3.63, 3.8) is 0 Å². The third-order valence-electron chi connectivity index (χ3n) is 3.00. The first-order valence-corrected chi connectivity index (χ1v) is 7.61. The van der Waals surface area contributed by atoms with Crippen LogP contribution in [-0.2, 0) is 0 Å². The lowest BCUT2D eigenvalue weighted by Gasteiger charge is -2.21. The summed E-state index contributed by atoms with van der Waals surface area (Å²) in [7, 11) is 2.01. The minimum absolute atomic E-state index is 0.218. The first-order valence-electron chi connectivity index (χ1n) is 7.61. The maximum absolute atomic E-state index is 11.7. The van der Waals surface area contributed by atoms with Crippen molar-refractivity contribution in [3.8, 4) is 0 Å². The second-order valence-electron chi connectivity index (χ2n) is 4.82. The zero-order valence-electron chi connectivity index (χ0n) is 13.5. The fourth-order valence-electron chi connectivity index (χ4n) is 1.87. The zero-order valence-corrected chi connectivity index (χ0v) is 13.5. The monoisotopic (exact) mass is 306 g/mol. The molecule has 6 nitrogen and oxygen atoms in total. The quantitative estimate of drug-likeness (QED) is 0.316. The van der Waals surface area contributed by atoms with Gasteiger partial charge in [-0.25, -0.2) is 0 Å². The third-order valence-corrected chi connectivity index (χ3v) is 3.00. The number of nitrogens with one attached hydrogen (secondary N) is 2. The standard InChI is InChI=1S/C16H26N4O2/c1-4-6-7-12-20(3)16(17-5-2)19-11-10-18-15(21)14-9-8-13-22-14/h4,8-9,13H,1,5-7,10-12H2,2-3H3,(H,17,19)(H,18,21). The summed E-state index contributed by atoms with van der Waals surface area (Å²) in [4.78, 5) is 18.3. The molecule has 1 rings (SSSR count). The normalized spacial score (nSPS) is 11.1. The maximum atomic E-state index is 11.7. The molecule has 1 amide bonds. The molecule has 1 heterocycles. The van der Waals surface area contributed by atoms with Gasteiger partial charge in [-0.3, -0.25) is 9.79 Å². The number of nitrogens with zero attached hydrogens (tertiary/aromatic N) is 2. The number of hydrogen-bond donors (Lipinski definition) is 2. The molecule has 0 saturated carbocycles. The van der Waals surface area contributed by atoms with Crippen LogP contribution < -0.4 is 10.6 Å². The van der Waals surface area contributed by atoms with E-state index in [0.29, 0.717) is 18.8 Å². The number of allylic oxidation sites excluding steroid dienone is 1. The number of furan rings is 1. The van der Waals surface area contributed by atoms with Gasteiger partial charge < -0.3 is 20.0 Å². The van der Waals surface area contributed by atoms with Gasteiger partial charge in [0, 0.05) is 26.7 Å². The predicted octanol–water partition coefficient (Wildman–Crippen LogP) is 1.87. The Kier molecular flexibility index (Phi) is 8.49. The van der Waals surface area contributed by atoms with Crippen LogP contribution in [0.3, 0.4) is 0 Å². The highest BCUT2D eigenvalue weighted by molar-refractivity contribution is 5.91. The molecule has 1 aromatic rings. The van der Waals surface area contributed by atoms with Gasteiger partial charge in [0.1, 0.15) is 0 Å². The van der Waals surface area contributed by atoms with Crippen molar-refractivity contribution in [1.29, 1.82) is 0 Å². The first kappa shape index (κ1) is 17.8. The molecule has 22 heavy (non-hydrogen) atoms. The largest absolute Gasteiger partial charge is 0.459 e. The van der Waals surface area contributed by atoms with Gasteiger partial charge in [0.15, 0.2) is 11.7 Å². The molecule has 0 spiro atoms. The van der Waals surface area contributed by atoms with Crippen molar-refractivity contribution >= 4 is 11.9 Å². The Morgan fingerprint density at radius 1 is 1.50 bits per heavy atom. The lowest BCUT2D eigenvalue weighted by atomic mass is 10.3. The number of hydrogen-bond acceptors (Lipinski definition) is 3. The molecule has 0 radical (unpaired) electrons. The first-order chi connectivity index (χ1) is 10.7. The van der Waals surface area contributed by atoms with Crippen LogP contribution >= 0.6 is 0 Å². The van der Waals surface area contributed by atoms with Gasteiger partial charge in [0.25, 0.3) is 5.91 Å². The lowest BCUT2D eigenvalue weighted by molar-refractivity contribution is 0.0927. The number of guanidine groups is 1. The van der Waals surface area contributed by atoms with E-state index in [1.165, 1.54) is 6.26 Å². The molecule has 0 fully saturated rings. The van der Waals surface area contributed by atoms with Crippen LogP contribution in [0.15, 0.2) is 40.5 Å². The van der Waals surface area contributed by atoms with Gasteiger partial charge >= 0.3 is 0 Å². The number of amides is 1. The SMILES string of the molecule is C=CCCCN(C)C(=NCCNC(=O)c1ccco1)NCC. The summed E-state index contributed by atoms with van der Waals surface area (Å²) in [5.74, 6) is 0.945. The fraction of sp³-hybridized carbons (Fsp3) is 0.500. The molecule has 6 heteroatoms. The summed E-state index contributed by atoms with van der Waals surface area (Å²) < 4.78 is 5.03. The van der Waals surface area contributed by atoms with E-state index in [1.807, 2.05) is 20.0 Å². The third kappa shape index (κ3) is 6.47. The van der Waals surface area contributed by atoms with Gasteiger partial charge in [-0.05, 0) is 31.9 Å². The molecule has 122 valence electrons. The number of carbonyl (C=O) groups excluding carboxylic acids is 1. The Hall–Kier alpha value is -2.24. The fourth-order valence-corrected chi connectivity index (χ4v) is 1.87. The van der Waals surface area contributed by atoms with E-state index in [2.05, 4.69) is 27.1 Å². The average molecular weight is 306 g/mol. The molecule has 0 aliphatic rings. The van der Waals surface area contributed by atoms with Gasteiger partial charge in [-0.2, -0.15) is 0 Å². The van der Waals surface area contributed by atoms with Crippen molar-refractivity contribution in [3.05, 3.63) is 36.8 Å². The highest BCUT2D eigenvalue weighted by Gasteiger charge is 2.07. The zero-order chi connectivity index (χ0) is 16.2. The van der Waals surface area contributed by atoms with E-state index < -0.39 is 0 Å². The summed E-state index contributed by atoms with van der Waals surface area (Å²) >= 11 is 0. The van der Waals surface area contributed by atoms with Crippen molar-refractivity contribution in [2.24, 2.45) is 4.99 Å².